The van der Waals surface area contributed by atoms with Gasteiger partial charge in [0, 0.05) is 11.1 Å². The molecule has 0 saturated carbocycles. The first-order valence-electron chi connectivity index (χ1n) is 9.06. The fourth-order valence-corrected chi connectivity index (χ4v) is 3.49. The zero-order chi connectivity index (χ0) is 20.8. The smallest absolute Gasteiger partial charge is 0.347 e. The zero-order valence-electron chi connectivity index (χ0n) is 15.5. The van der Waals surface area contributed by atoms with Crippen LogP contribution in [0.2, 0.25) is 0 Å². The molecule has 30 heavy (non-hydrogen) atoms. The Hall–Kier alpha value is -4.50. The number of aromatic nitrogens is 1. The summed E-state index contributed by atoms with van der Waals surface area (Å²) in [5, 5.41) is 0.369. The number of terminal acetylenes is 1. The maximum atomic E-state index is 13.0. The molecule has 2 heterocycles. The number of para-hydroxylation sites is 1. The van der Waals surface area contributed by atoms with Crippen molar-refractivity contribution in [2.24, 2.45) is 0 Å². The highest BCUT2D eigenvalue weighted by molar-refractivity contribution is 6.34. The Morgan fingerprint density at radius 2 is 1.67 bits per heavy atom. The van der Waals surface area contributed by atoms with E-state index in [1.165, 1.54) is 12.1 Å². The Labute approximate surface area is 170 Å². The molecule has 2 amide bonds. The van der Waals surface area contributed by atoms with E-state index in [1.807, 2.05) is 0 Å². The molecule has 0 spiro atoms. The molecule has 0 radical (unpaired) electrons. The standard InChI is InChI=1S/C24H12N2O4/c1-2-14-6-5-7-16(12-14)26-22(27)17-11-10-15(13-19(17)23(26)28)21-25-20-9-4-3-8-18(20)24(29)30-21/h1,3-13H. The van der Waals surface area contributed by atoms with Crippen LogP contribution in [0, 0.1) is 12.3 Å². The van der Waals surface area contributed by atoms with Crippen LogP contribution in [0.1, 0.15) is 26.3 Å². The molecule has 142 valence electrons. The van der Waals surface area contributed by atoms with Crippen molar-refractivity contribution in [1.29, 1.82) is 0 Å². The van der Waals surface area contributed by atoms with Crippen LogP contribution in [0.25, 0.3) is 22.4 Å². The van der Waals surface area contributed by atoms with Gasteiger partial charge in [0.25, 0.3) is 11.8 Å². The number of carbonyl (C=O) groups is 2. The second-order valence-electron chi connectivity index (χ2n) is 6.72. The van der Waals surface area contributed by atoms with Crippen LogP contribution >= 0.6 is 0 Å². The monoisotopic (exact) mass is 392 g/mol. The average molecular weight is 392 g/mol. The number of carbonyl (C=O) groups excluding carboxylic acids is 2. The molecule has 0 fully saturated rings. The molecule has 0 atom stereocenters. The van der Waals surface area contributed by atoms with Crippen molar-refractivity contribution in [2.45, 2.75) is 0 Å². The van der Waals surface area contributed by atoms with Crippen molar-refractivity contribution < 1.29 is 14.0 Å². The minimum Gasteiger partial charge on any atom is -0.403 e. The number of hydrogen-bond donors (Lipinski definition) is 0. The van der Waals surface area contributed by atoms with Gasteiger partial charge in [0.05, 0.1) is 27.7 Å². The van der Waals surface area contributed by atoms with Gasteiger partial charge in [-0.15, -0.1) is 6.42 Å². The first kappa shape index (κ1) is 17.6. The minimum absolute atomic E-state index is 0.0783. The largest absolute Gasteiger partial charge is 0.403 e. The molecule has 0 unspecified atom stereocenters. The highest BCUT2D eigenvalue weighted by Gasteiger charge is 2.37. The molecule has 0 aliphatic carbocycles. The molecule has 6 nitrogen and oxygen atoms in total. The number of imide groups is 1. The molecule has 0 bridgehead atoms. The molecular weight excluding hydrogens is 380 g/mol. The predicted octanol–water partition coefficient (Wildman–Crippen LogP) is 3.64. The molecule has 4 aromatic rings. The van der Waals surface area contributed by atoms with E-state index in [0.29, 0.717) is 27.7 Å². The Balaban J connectivity index is 1.60. The van der Waals surface area contributed by atoms with Crippen molar-refractivity contribution in [1.82, 2.24) is 4.98 Å². The van der Waals surface area contributed by atoms with Crippen molar-refractivity contribution >= 4 is 28.4 Å². The number of nitrogens with zero attached hydrogens (tertiary/aromatic N) is 2. The lowest BCUT2D eigenvalue weighted by atomic mass is 10.1. The second-order valence-corrected chi connectivity index (χ2v) is 6.72. The molecule has 5 rings (SSSR count). The van der Waals surface area contributed by atoms with Crippen LogP contribution in [-0.2, 0) is 0 Å². The summed E-state index contributed by atoms with van der Waals surface area (Å²) < 4.78 is 5.34. The highest BCUT2D eigenvalue weighted by atomic mass is 16.4. The third-order valence-corrected chi connectivity index (χ3v) is 4.94. The number of amides is 2. The Morgan fingerprint density at radius 1 is 0.867 bits per heavy atom. The third-order valence-electron chi connectivity index (χ3n) is 4.94. The molecule has 0 N–H and O–H groups in total. The molecule has 0 saturated heterocycles. The summed E-state index contributed by atoms with van der Waals surface area (Å²) >= 11 is 0. The number of benzene rings is 3. The highest BCUT2D eigenvalue weighted by Crippen LogP contribution is 2.31. The van der Waals surface area contributed by atoms with E-state index in [4.69, 9.17) is 10.8 Å². The van der Waals surface area contributed by atoms with Crippen LogP contribution in [0.4, 0.5) is 5.69 Å². The summed E-state index contributed by atoms with van der Waals surface area (Å²) in [6.07, 6.45) is 5.43. The summed E-state index contributed by atoms with van der Waals surface area (Å²) in [6, 6.07) is 18.1. The summed E-state index contributed by atoms with van der Waals surface area (Å²) in [7, 11) is 0. The van der Waals surface area contributed by atoms with Gasteiger partial charge in [-0.25, -0.2) is 14.7 Å². The van der Waals surface area contributed by atoms with E-state index in [2.05, 4.69) is 10.9 Å². The Bertz CT molecular complexity index is 1480. The Morgan fingerprint density at radius 3 is 2.50 bits per heavy atom. The molecule has 1 aliphatic heterocycles. The van der Waals surface area contributed by atoms with E-state index in [-0.39, 0.29) is 17.0 Å². The van der Waals surface area contributed by atoms with Crippen LogP contribution in [0.3, 0.4) is 0 Å². The summed E-state index contributed by atoms with van der Waals surface area (Å²) in [5.41, 5.74) is 1.82. The summed E-state index contributed by atoms with van der Waals surface area (Å²) in [4.78, 5) is 43.6. The van der Waals surface area contributed by atoms with E-state index < -0.39 is 17.4 Å². The van der Waals surface area contributed by atoms with Gasteiger partial charge < -0.3 is 4.42 Å². The van der Waals surface area contributed by atoms with Crippen LogP contribution in [-0.4, -0.2) is 16.8 Å². The van der Waals surface area contributed by atoms with Crippen molar-refractivity contribution in [3.05, 3.63) is 93.8 Å². The van der Waals surface area contributed by atoms with Gasteiger partial charge in [-0.05, 0) is 48.5 Å². The topological polar surface area (TPSA) is 80.5 Å². The Kier molecular flexibility index (Phi) is 3.83. The average Bonchev–Trinajstić information content (AvgIpc) is 3.03. The molecule has 1 aliphatic rings. The summed E-state index contributed by atoms with van der Waals surface area (Å²) in [5.74, 6) is 1.65. The van der Waals surface area contributed by atoms with Crippen LogP contribution < -0.4 is 10.5 Å². The molecular formula is C24H12N2O4. The quantitative estimate of drug-likeness (QED) is 0.384. The lowest BCUT2D eigenvalue weighted by Crippen LogP contribution is -2.29. The van der Waals surface area contributed by atoms with Crippen LogP contribution in [0.5, 0.6) is 0 Å². The van der Waals surface area contributed by atoms with E-state index in [0.717, 1.165) is 4.90 Å². The predicted molar refractivity (Wildman–Crippen MR) is 111 cm³/mol. The van der Waals surface area contributed by atoms with Gasteiger partial charge in [0.2, 0.25) is 5.89 Å². The van der Waals surface area contributed by atoms with E-state index in [1.54, 1.807) is 54.6 Å². The summed E-state index contributed by atoms with van der Waals surface area (Å²) in [6.45, 7) is 0. The van der Waals surface area contributed by atoms with Crippen molar-refractivity contribution in [3.8, 4) is 23.8 Å². The van der Waals surface area contributed by atoms with Gasteiger partial charge in [0.1, 0.15) is 0 Å². The molecule has 1 aromatic heterocycles. The number of fused-ring (bicyclic) bond motifs is 2. The van der Waals surface area contributed by atoms with Crippen molar-refractivity contribution in [3.63, 3.8) is 0 Å². The van der Waals surface area contributed by atoms with Crippen LogP contribution in [0.15, 0.2) is 75.9 Å². The van der Waals surface area contributed by atoms with Gasteiger partial charge in [-0.2, -0.15) is 0 Å². The maximum absolute atomic E-state index is 13.0. The number of rotatable bonds is 2. The lowest BCUT2D eigenvalue weighted by Gasteiger charge is -2.13. The fraction of sp³-hybridized carbons (Fsp3) is 0. The van der Waals surface area contributed by atoms with Gasteiger partial charge in [0.15, 0.2) is 0 Å². The van der Waals surface area contributed by atoms with Gasteiger partial charge >= 0.3 is 5.63 Å². The molecule has 3 aromatic carbocycles. The minimum atomic E-state index is -0.522. The first-order chi connectivity index (χ1) is 14.6. The first-order valence-corrected chi connectivity index (χ1v) is 9.06. The SMILES string of the molecule is C#Cc1cccc(N2C(=O)c3ccc(-c4nc5ccccc5c(=O)o4)cc3C2=O)c1. The van der Waals surface area contributed by atoms with Gasteiger partial charge in [-0.1, -0.05) is 24.1 Å². The third kappa shape index (κ3) is 2.61. The lowest BCUT2D eigenvalue weighted by molar-refractivity contribution is 0.0926. The number of anilines is 1. The zero-order valence-corrected chi connectivity index (χ0v) is 15.5. The van der Waals surface area contributed by atoms with Crippen molar-refractivity contribution in [2.75, 3.05) is 4.90 Å². The normalized spacial score (nSPS) is 12.8. The number of hydrogen-bond acceptors (Lipinski definition) is 5. The molecule has 6 heteroatoms. The van der Waals surface area contributed by atoms with E-state index in [9.17, 15) is 14.4 Å². The second kappa shape index (κ2) is 6.54. The maximum Gasteiger partial charge on any atom is 0.347 e. The fourth-order valence-electron chi connectivity index (χ4n) is 3.49. The van der Waals surface area contributed by atoms with Gasteiger partial charge in [-0.3, -0.25) is 9.59 Å². The van der Waals surface area contributed by atoms with E-state index >= 15 is 0 Å².